The molecular formula is C11H11F4NO2. The number of hydrogen-bond donors (Lipinski definition) is 0. The summed E-state index contributed by atoms with van der Waals surface area (Å²) in [6.07, 6.45) is -4.04. The van der Waals surface area contributed by atoms with Crippen molar-refractivity contribution in [3.05, 3.63) is 24.3 Å². The highest BCUT2D eigenvalue weighted by molar-refractivity contribution is 5.98. The van der Waals surface area contributed by atoms with Crippen LogP contribution >= 0.6 is 0 Å². The van der Waals surface area contributed by atoms with Crippen LogP contribution in [0.5, 0.6) is 5.75 Å². The maximum absolute atomic E-state index is 12.9. The van der Waals surface area contributed by atoms with Crippen molar-refractivity contribution in [1.82, 2.24) is 0 Å². The second-order valence-corrected chi connectivity index (χ2v) is 3.49. The van der Waals surface area contributed by atoms with Crippen molar-refractivity contribution < 1.29 is 27.1 Å². The Hall–Kier alpha value is -1.79. The second kappa shape index (κ2) is 5.24. The monoisotopic (exact) mass is 265 g/mol. The van der Waals surface area contributed by atoms with Crippen LogP contribution in [0.1, 0.15) is 0 Å². The van der Waals surface area contributed by atoms with Crippen LogP contribution in [0.4, 0.5) is 23.2 Å². The molecule has 1 aromatic carbocycles. The second-order valence-electron chi connectivity index (χ2n) is 3.49. The van der Waals surface area contributed by atoms with Gasteiger partial charge in [-0.05, 0) is 12.1 Å². The summed E-state index contributed by atoms with van der Waals surface area (Å²) in [6, 6.07) is 5.62. The molecule has 0 heterocycles. The van der Waals surface area contributed by atoms with Crippen molar-refractivity contribution >= 4 is 11.6 Å². The lowest BCUT2D eigenvalue weighted by Gasteiger charge is -2.23. The fraction of sp³-hybridized carbons (Fsp3) is 0.364. The van der Waals surface area contributed by atoms with Gasteiger partial charge in [0, 0.05) is 18.8 Å². The zero-order valence-corrected chi connectivity index (χ0v) is 9.66. The SMILES string of the molecule is COc1cccc(N(C)C(=O)C(F)(F)C(F)F)c1. The molecule has 0 fully saturated rings. The van der Waals surface area contributed by atoms with Crippen molar-refractivity contribution in [2.24, 2.45) is 0 Å². The average Bonchev–Trinajstić information content (AvgIpc) is 2.36. The summed E-state index contributed by atoms with van der Waals surface area (Å²) < 4.78 is 54.7. The summed E-state index contributed by atoms with van der Waals surface area (Å²) in [5.74, 6) is -6.35. The minimum atomic E-state index is -4.71. The minimum absolute atomic E-state index is 0.0414. The molecule has 100 valence electrons. The first-order valence-corrected chi connectivity index (χ1v) is 4.89. The van der Waals surface area contributed by atoms with Gasteiger partial charge in [0.25, 0.3) is 0 Å². The molecular weight excluding hydrogens is 254 g/mol. The van der Waals surface area contributed by atoms with Crippen LogP contribution in [-0.4, -0.2) is 32.4 Å². The van der Waals surface area contributed by atoms with Gasteiger partial charge in [0.2, 0.25) is 0 Å². The van der Waals surface area contributed by atoms with E-state index in [0.717, 1.165) is 7.05 Å². The Morgan fingerprint density at radius 2 is 2.00 bits per heavy atom. The fourth-order valence-electron chi connectivity index (χ4n) is 1.25. The summed E-state index contributed by atoms with van der Waals surface area (Å²) >= 11 is 0. The van der Waals surface area contributed by atoms with Gasteiger partial charge in [-0.3, -0.25) is 4.79 Å². The predicted octanol–water partition coefficient (Wildman–Crippen LogP) is 2.56. The zero-order chi connectivity index (χ0) is 13.9. The Balaban J connectivity index is 2.99. The summed E-state index contributed by atoms with van der Waals surface area (Å²) in [5, 5.41) is 0. The topological polar surface area (TPSA) is 29.5 Å². The van der Waals surface area contributed by atoms with E-state index in [0.29, 0.717) is 10.6 Å². The van der Waals surface area contributed by atoms with Crippen molar-refractivity contribution in [3.63, 3.8) is 0 Å². The average molecular weight is 265 g/mol. The molecule has 0 N–H and O–H groups in total. The number of alkyl halides is 4. The van der Waals surface area contributed by atoms with Crippen LogP contribution in [0.25, 0.3) is 0 Å². The molecule has 0 spiro atoms. The van der Waals surface area contributed by atoms with Crippen molar-refractivity contribution in [2.75, 3.05) is 19.1 Å². The molecule has 18 heavy (non-hydrogen) atoms. The van der Waals surface area contributed by atoms with Crippen LogP contribution in [0.3, 0.4) is 0 Å². The molecule has 0 aliphatic carbocycles. The van der Waals surface area contributed by atoms with Gasteiger partial charge in [0.1, 0.15) is 5.75 Å². The van der Waals surface area contributed by atoms with E-state index < -0.39 is 18.3 Å². The first kappa shape index (κ1) is 14.3. The molecule has 0 aromatic heterocycles. The molecule has 0 aliphatic rings. The van der Waals surface area contributed by atoms with E-state index in [1.807, 2.05) is 0 Å². The molecule has 0 radical (unpaired) electrons. The number of nitrogens with zero attached hydrogens (tertiary/aromatic N) is 1. The lowest BCUT2D eigenvalue weighted by molar-refractivity contribution is -0.166. The minimum Gasteiger partial charge on any atom is -0.497 e. The Morgan fingerprint density at radius 3 is 2.50 bits per heavy atom. The third kappa shape index (κ3) is 2.72. The van der Waals surface area contributed by atoms with Crippen LogP contribution < -0.4 is 9.64 Å². The molecule has 0 unspecified atom stereocenters. The highest BCUT2D eigenvalue weighted by Crippen LogP contribution is 2.28. The molecule has 3 nitrogen and oxygen atoms in total. The number of rotatable bonds is 4. The number of amides is 1. The van der Waals surface area contributed by atoms with Crippen LogP contribution in [-0.2, 0) is 4.79 Å². The standard InChI is InChI=1S/C11H11F4NO2/c1-16(10(17)11(14,15)9(12)13)7-4-3-5-8(6-7)18-2/h3-6,9H,1-2H3. The van der Waals surface area contributed by atoms with E-state index in [-0.39, 0.29) is 5.69 Å². The van der Waals surface area contributed by atoms with Gasteiger partial charge >= 0.3 is 18.3 Å². The maximum atomic E-state index is 12.9. The molecule has 0 aliphatic heterocycles. The van der Waals surface area contributed by atoms with Gasteiger partial charge in [0.05, 0.1) is 7.11 Å². The van der Waals surface area contributed by atoms with E-state index in [9.17, 15) is 22.4 Å². The van der Waals surface area contributed by atoms with Crippen LogP contribution in [0.15, 0.2) is 24.3 Å². The van der Waals surface area contributed by atoms with E-state index in [2.05, 4.69) is 0 Å². The first-order chi connectivity index (χ1) is 8.30. The largest absolute Gasteiger partial charge is 0.497 e. The highest BCUT2D eigenvalue weighted by Gasteiger charge is 2.50. The molecule has 0 atom stereocenters. The lowest BCUT2D eigenvalue weighted by atomic mass is 10.2. The summed E-state index contributed by atoms with van der Waals surface area (Å²) in [5.41, 5.74) is 0.0414. The van der Waals surface area contributed by atoms with E-state index in [4.69, 9.17) is 4.74 Å². The van der Waals surface area contributed by atoms with Crippen molar-refractivity contribution in [3.8, 4) is 5.75 Å². The van der Waals surface area contributed by atoms with E-state index in [1.165, 1.54) is 31.4 Å². The normalized spacial score (nSPS) is 11.5. The predicted molar refractivity (Wildman–Crippen MR) is 57.4 cm³/mol. The zero-order valence-electron chi connectivity index (χ0n) is 9.66. The third-order valence-corrected chi connectivity index (χ3v) is 2.30. The van der Waals surface area contributed by atoms with E-state index >= 15 is 0 Å². The molecule has 7 heteroatoms. The number of hydrogen-bond acceptors (Lipinski definition) is 2. The Bertz CT molecular complexity index is 437. The Kier molecular flexibility index (Phi) is 4.15. The summed E-state index contributed by atoms with van der Waals surface area (Å²) in [7, 11) is 2.35. The fourth-order valence-corrected chi connectivity index (χ4v) is 1.25. The van der Waals surface area contributed by atoms with Crippen LogP contribution in [0.2, 0.25) is 0 Å². The number of anilines is 1. The van der Waals surface area contributed by atoms with Crippen LogP contribution in [0, 0.1) is 0 Å². The van der Waals surface area contributed by atoms with Crippen molar-refractivity contribution in [1.29, 1.82) is 0 Å². The smallest absolute Gasteiger partial charge is 0.384 e. The number of ether oxygens (including phenoxy) is 1. The summed E-state index contributed by atoms with van der Waals surface area (Å²) in [4.78, 5) is 11.7. The Morgan fingerprint density at radius 1 is 1.39 bits per heavy atom. The quantitative estimate of drug-likeness (QED) is 0.783. The van der Waals surface area contributed by atoms with Gasteiger partial charge in [0.15, 0.2) is 0 Å². The molecule has 0 saturated heterocycles. The maximum Gasteiger partial charge on any atom is 0.384 e. The van der Waals surface area contributed by atoms with Crippen molar-refractivity contribution in [2.45, 2.75) is 12.3 Å². The highest BCUT2D eigenvalue weighted by atomic mass is 19.3. The van der Waals surface area contributed by atoms with Gasteiger partial charge in [-0.1, -0.05) is 6.07 Å². The van der Waals surface area contributed by atoms with Gasteiger partial charge in [-0.25, -0.2) is 8.78 Å². The number of benzene rings is 1. The van der Waals surface area contributed by atoms with Gasteiger partial charge in [-0.15, -0.1) is 0 Å². The van der Waals surface area contributed by atoms with Gasteiger partial charge in [-0.2, -0.15) is 8.78 Å². The first-order valence-electron chi connectivity index (χ1n) is 4.89. The number of halogens is 4. The molecule has 1 rings (SSSR count). The number of methoxy groups -OCH3 is 1. The molecule has 1 aromatic rings. The summed E-state index contributed by atoms with van der Waals surface area (Å²) in [6.45, 7) is 0. The van der Waals surface area contributed by atoms with Gasteiger partial charge < -0.3 is 9.64 Å². The third-order valence-electron chi connectivity index (χ3n) is 2.30. The Labute approximate surface area is 101 Å². The molecule has 0 bridgehead atoms. The molecule has 1 amide bonds. The molecule has 0 saturated carbocycles. The number of carbonyl (C=O) groups is 1. The van der Waals surface area contributed by atoms with E-state index in [1.54, 1.807) is 0 Å². The number of carbonyl (C=O) groups excluding carboxylic acids is 1. The lowest BCUT2D eigenvalue weighted by Crippen LogP contribution is -2.46.